The molecule has 0 aliphatic carbocycles. The van der Waals surface area contributed by atoms with E-state index in [0.29, 0.717) is 6.10 Å². The molecule has 0 aliphatic rings. The van der Waals surface area contributed by atoms with Crippen molar-refractivity contribution in [2.24, 2.45) is 0 Å². The highest BCUT2D eigenvalue weighted by molar-refractivity contribution is 4.92. The zero-order chi connectivity index (χ0) is 14.1. The molecule has 0 aromatic carbocycles. The van der Waals surface area contributed by atoms with Crippen LogP contribution in [-0.2, 0) is 17.7 Å². The first-order valence-electron chi connectivity index (χ1n) is 7.31. The third-order valence-electron chi connectivity index (χ3n) is 2.92. The topological polar surface area (TPSA) is 43.2 Å². The van der Waals surface area contributed by atoms with Crippen LogP contribution in [-0.4, -0.2) is 52.7 Å². The molecule has 19 heavy (non-hydrogen) atoms. The van der Waals surface area contributed by atoms with Gasteiger partial charge in [-0.1, -0.05) is 12.1 Å². The Morgan fingerprint density at radius 3 is 2.84 bits per heavy atom. The summed E-state index contributed by atoms with van der Waals surface area (Å²) in [6, 6.07) is 0. The van der Waals surface area contributed by atoms with Gasteiger partial charge in [0.2, 0.25) is 0 Å². The fourth-order valence-electron chi connectivity index (χ4n) is 1.91. The Morgan fingerprint density at radius 1 is 1.37 bits per heavy atom. The molecule has 0 bridgehead atoms. The van der Waals surface area contributed by atoms with E-state index >= 15 is 0 Å². The average molecular weight is 268 g/mol. The molecule has 0 saturated heterocycles. The smallest absolute Gasteiger partial charge is 0.0839 e. The molecule has 0 N–H and O–H groups in total. The molecule has 1 aromatic heterocycles. The number of likely N-dealkylation sites (N-methyl/N-ethyl adjacent to an activating group) is 1. The van der Waals surface area contributed by atoms with Gasteiger partial charge in [0.05, 0.1) is 11.8 Å². The van der Waals surface area contributed by atoms with Crippen molar-refractivity contribution >= 4 is 0 Å². The predicted octanol–water partition coefficient (Wildman–Crippen LogP) is 1.98. The van der Waals surface area contributed by atoms with Crippen LogP contribution in [0.1, 0.15) is 39.3 Å². The molecule has 5 heteroatoms. The summed E-state index contributed by atoms with van der Waals surface area (Å²) >= 11 is 0. The summed E-state index contributed by atoms with van der Waals surface area (Å²) in [6.45, 7) is 10.2. The van der Waals surface area contributed by atoms with Crippen LogP contribution in [0.4, 0.5) is 0 Å². The fourth-order valence-corrected chi connectivity index (χ4v) is 1.91. The third kappa shape index (κ3) is 7.28. The van der Waals surface area contributed by atoms with Crippen LogP contribution in [0.5, 0.6) is 0 Å². The minimum absolute atomic E-state index is 0.306. The largest absolute Gasteiger partial charge is 0.379 e. The Morgan fingerprint density at radius 2 is 2.16 bits per heavy atom. The Labute approximate surface area is 116 Å². The van der Waals surface area contributed by atoms with Gasteiger partial charge >= 0.3 is 0 Å². The maximum atomic E-state index is 5.51. The second-order valence-corrected chi connectivity index (χ2v) is 5.30. The minimum Gasteiger partial charge on any atom is -0.379 e. The van der Waals surface area contributed by atoms with Crippen molar-refractivity contribution in [3.8, 4) is 0 Å². The number of aromatic nitrogens is 3. The quantitative estimate of drug-likeness (QED) is 0.609. The molecule has 1 heterocycles. The van der Waals surface area contributed by atoms with E-state index in [1.807, 2.05) is 4.68 Å². The molecule has 1 rings (SSSR count). The van der Waals surface area contributed by atoms with Gasteiger partial charge in [0, 0.05) is 32.3 Å². The maximum Gasteiger partial charge on any atom is 0.0839 e. The second kappa shape index (κ2) is 9.04. The average Bonchev–Trinajstić information content (AvgIpc) is 2.80. The molecule has 0 atom stereocenters. The number of rotatable bonds is 10. The summed E-state index contributed by atoms with van der Waals surface area (Å²) < 4.78 is 7.42. The van der Waals surface area contributed by atoms with Gasteiger partial charge in [0.25, 0.3) is 0 Å². The zero-order valence-electron chi connectivity index (χ0n) is 12.8. The Kier molecular flexibility index (Phi) is 7.67. The fraction of sp³-hybridized carbons (Fsp3) is 0.857. The highest BCUT2D eigenvalue weighted by atomic mass is 16.5. The van der Waals surface area contributed by atoms with Crippen molar-refractivity contribution in [2.75, 3.05) is 26.7 Å². The minimum atomic E-state index is 0.306. The zero-order valence-corrected chi connectivity index (χ0v) is 12.8. The maximum absolute atomic E-state index is 5.51. The van der Waals surface area contributed by atoms with E-state index in [1.54, 1.807) is 0 Å². The summed E-state index contributed by atoms with van der Waals surface area (Å²) in [5, 5.41) is 8.36. The predicted molar refractivity (Wildman–Crippen MR) is 77.2 cm³/mol. The molecule has 0 saturated carbocycles. The first kappa shape index (κ1) is 16.1. The molecule has 0 unspecified atom stereocenters. The first-order valence-corrected chi connectivity index (χ1v) is 7.31. The van der Waals surface area contributed by atoms with Crippen molar-refractivity contribution in [1.82, 2.24) is 19.9 Å². The lowest BCUT2D eigenvalue weighted by Gasteiger charge is -2.13. The molecular formula is C14H28N4O. The van der Waals surface area contributed by atoms with E-state index in [2.05, 4.69) is 49.2 Å². The summed E-state index contributed by atoms with van der Waals surface area (Å²) in [7, 11) is 2.15. The molecule has 0 aliphatic heterocycles. The lowest BCUT2D eigenvalue weighted by molar-refractivity contribution is 0.0742. The van der Waals surface area contributed by atoms with Gasteiger partial charge in [-0.15, -0.1) is 5.10 Å². The molecule has 0 spiro atoms. The van der Waals surface area contributed by atoms with Crippen LogP contribution in [0, 0.1) is 0 Å². The van der Waals surface area contributed by atoms with Gasteiger partial charge in [-0.25, -0.2) is 0 Å². The van der Waals surface area contributed by atoms with Crippen LogP contribution in [0.15, 0.2) is 6.20 Å². The summed E-state index contributed by atoms with van der Waals surface area (Å²) in [6.07, 6.45) is 5.50. The van der Waals surface area contributed by atoms with Gasteiger partial charge in [-0.05, 0) is 40.3 Å². The van der Waals surface area contributed by atoms with Crippen LogP contribution in [0.2, 0.25) is 0 Å². The molecule has 0 fully saturated rings. The molecule has 0 radical (unpaired) electrons. The standard InChI is InChI=1S/C14H28N4O/c1-5-8-17(4)10-7-14-12-18(16-15-14)9-6-11-19-13(2)3/h12-13H,5-11H2,1-4H3. The van der Waals surface area contributed by atoms with Crippen molar-refractivity contribution in [2.45, 2.75) is 52.7 Å². The van der Waals surface area contributed by atoms with Gasteiger partial charge in [-0.2, -0.15) is 0 Å². The van der Waals surface area contributed by atoms with Crippen molar-refractivity contribution < 1.29 is 4.74 Å². The molecule has 110 valence electrons. The van der Waals surface area contributed by atoms with Gasteiger partial charge in [0.1, 0.15) is 0 Å². The van der Waals surface area contributed by atoms with Gasteiger partial charge in [-0.3, -0.25) is 4.68 Å². The van der Waals surface area contributed by atoms with Gasteiger partial charge in [0.15, 0.2) is 0 Å². The highest BCUT2D eigenvalue weighted by Crippen LogP contribution is 1.99. The Hall–Kier alpha value is -0.940. The second-order valence-electron chi connectivity index (χ2n) is 5.30. The number of aryl methyl sites for hydroxylation is 1. The van der Waals surface area contributed by atoms with Crippen LogP contribution >= 0.6 is 0 Å². The van der Waals surface area contributed by atoms with E-state index in [9.17, 15) is 0 Å². The molecule has 0 amide bonds. The van der Waals surface area contributed by atoms with Crippen LogP contribution < -0.4 is 0 Å². The van der Waals surface area contributed by atoms with Crippen molar-refractivity contribution in [3.63, 3.8) is 0 Å². The van der Waals surface area contributed by atoms with E-state index < -0.39 is 0 Å². The SMILES string of the molecule is CCCN(C)CCc1cn(CCCOC(C)C)nn1. The number of ether oxygens (including phenoxy) is 1. The Bertz CT molecular complexity index is 338. The monoisotopic (exact) mass is 268 g/mol. The van der Waals surface area contributed by atoms with Crippen LogP contribution in [0.25, 0.3) is 0 Å². The van der Waals surface area contributed by atoms with E-state index in [0.717, 1.165) is 44.8 Å². The van der Waals surface area contributed by atoms with Gasteiger partial charge < -0.3 is 9.64 Å². The van der Waals surface area contributed by atoms with Crippen molar-refractivity contribution in [1.29, 1.82) is 0 Å². The number of hydrogen-bond donors (Lipinski definition) is 0. The number of hydrogen-bond acceptors (Lipinski definition) is 4. The highest BCUT2D eigenvalue weighted by Gasteiger charge is 2.03. The summed E-state index contributed by atoms with van der Waals surface area (Å²) in [4.78, 5) is 2.33. The summed E-state index contributed by atoms with van der Waals surface area (Å²) in [5.41, 5.74) is 1.08. The normalized spacial score (nSPS) is 11.7. The third-order valence-corrected chi connectivity index (χ3v) is 2.92. The first-order chi connectivity index (χ1) is 9.11. The van der Waals surface area contributed by atoms with E-state index in [1.165, 1.54) is 6.42 Å². The molecule has 5 nitrogen and oxygen atoms in total. The molecular weight excluding hydrogens is 240 g/mol. The van der Waals surface area contributed by atoms with Crippen LogP contribution in [0.3, 0.4) is 0 Å². The lowest BCUT2D eigenvalue weighted by atomic mass is 10.3. The Balaban J connectivity index is 2.20. The van der Waals surface area contributed by atoms with E-state index in [4.69, 9.17) is 4.74 Å². The van der Waals surface area contributed by atoms with E-state index in [-0.39, 0.29) is 0 Å². The van der Waals surface area contributed by atoms with Crippen molar-refractivity contribution in [3.05, 3.63) is 11.9 Å². The summed E-state index contributed by atoms with van der Waals surface area (Å²) in [5.74, 6) is 0. The number of nitrogens with zero attached hydrogens (tertiary/aromatic N) is 4. The lowest BCUT2D eigenvalue weighted by Crippen LogP contribution is -2.21. The molecule has 1 aromatic rings.